The highest BCUT2D eigenvalue weighted by Gasteiger charge is 2.28. The molecule has 0 radical (unpaired) electrons. The molecule has 0 aliphatic carbocycles. The molecule has 1 aromatic carbocycles. The Morgan fingerprint density at radius 1 is 1.19 bits per heavy atom. The van der Waals surface area contributed by atoms with Gasteiger partial charge in [0.05, 0.1) is 22.2 Å². The standard InChI is InChI=1S/C20H23N3O3S/c1-16(25)22-9-11-23(12-10-22)20(14-24)27(26)15-17-5-4-6-18(13-17)19-7-2-3-8-21-19/h2-8,13-14,20H,9-12,15H2,1H3. The van der Waals surface area contributed by atoms with Crippen LogP contribution in [0.25, 0.3) is 11.3 Å². The second kappa shape index (κ2) is 9.01. The Morgan fingerprint density at radius 3 is 2.59 bits per heavy atom. The number of aldehydes is 1. The maximum Gasteiger partial charge on any atom is 0.219 e. The smallest absolute Gasteiger partial charge is 0.219 e. The maximum atomic E-state index is 12.8. The summed E-state index contributed by atoms with van der Waals surface area (Å²) in [7, 11) is -1.36. The lowest BCUT2D eigenvalue weighted by atomic mass is 10.1. The quantitative estimate of drug-likeness (QED) is 0.708. The molecule has 1 aliphatic rings. The summed E-state index contributed by atoms with van der Waals surface area (Å²) >= 11 is 0. The summed E-state index contributed by atoms with van der Waals surface area (Å²) in [6, 6.07) is 13.5. The van der Waals surface area contributed by atoms with E-state index < -0.39 is 16.2 Å². The zero-order chi connectivity index (χ0) is 19.2. The molecular weight excluding hydrogens is 362 g/mol. The summed E-state index contributed by atoms with van der Waals surface area (Å²) in [6.45, 7) is 3.78. The summed E-state index contributed by atoms with van der Waals surface area (Å²) in [4.78, 5) is 31.1. The Balaban J connectivity index is 1.67. The number of nitrogens with zero attached hydrogens (tertiary/aromatic N) is 3. The fourth-order valence-corrected chi connectivity index (χ4v) is 4.56. The molecule has 0 N–H and O–H groups in total. The Labute approximate surface area is 161 Å². The minimum atomic E-state index is -1.36. The van der Waals surface area contributed by atoms with Crippen molar-refractivity contribution in [2.75, 3.05) is 26.2 Å². The first-order valence-corrected chi connectivity index (χ1v) is 10.3. The minimum Gasteiger partial charge on any atom is -0.340 e. The highest BCUT2D eigenvalue weighted by molar-refractivity contribution is 7.85. The lowest BCUT2D eigenvalue weighted by molar-refractivity contribution is -0.130. The average molecular weight is 385 g/mol. The Kier molecular flexibility index (Phi) is 6.47. The highest BCUT2D eigenvalue weighted by Crippen LogP contribution is 2.20. The van der Waals surface area contributed by atoms with Gasteiger partial charge in [-0.3, -0.25) is 18.9 Å². The van der Waals surface area contributed by atoms with E-state index in [-0.39, 0.29) is 5.91 Å². The molecule has 6 nitrogen and oxygen atoms in total. The Morgan fingerprint density at radius 2 is 1.96 bits per heavy atom. The topological polar surface area (TPSA) is 70.6 Å². The van der Waals surface area contributed by atoms with Crippen molar-refractivity contribution < 1.29 is 13.8 Å². The predicted molar refractivity (Wildman–Crippen MR) is 105 cm³/mol. The number of carbonyl (C=O) groups excluding carboxylic acids is 2. The van der Waals surface area contributed by atoms with Crippen LogP contribution >= 0.6 is 0 Å². The van der Waals surface area contributed by atoms with Crippen molar-refractivity contribution in [1.82, 2.24) is 14.8 Å². The zero-order valence-corrected chi connectivity index (χ0v) is 16.1. The van der Waals surface area contributed by atoms with E-state index in [4.69, 9.17) is 0 Å². The largest absolute Gasteiger partial charge is 0.340 e. The summed E-state index contributed by atoms with van der Waals surface area (Å²) < 4.78 is 12.8. The molecule has 1 fully saturated rings. The third-order valence-electron chi connectivity index (χ3n) is 4.70. The first kappa shape index (κ1) is 19.4. The Hall–Kier alpha value is -2.38. The summed E-state index contributed by atoms with van der Waals surface area (Å²) in [5, 5.41) is -0.655. The van der Waals surface area contributed by atoms with Gasteiger partial charge in [0.1, 0.15) is 11.7 Å². The number of hydrogen-bond donors (Lipinski definition) is 0. The number of piperazine rings is 1. The van der Waals surface area contributed by atoms with Gasteiger partial charge in [-0.1, -0.05) is 24.3 Å². The predicted octanol–water partition coefficient (Wildman–Crippen LogP) is 1.69. The van der Waals surface area contributed by atoms with E-state index >= 15 is 0 Å². The van der Waals surface area contributed by atoms with Crippen molar-refractivity contribution in [1.29, 1.82) is 0 Å². The van der Waals surface area contributed by atoms with Gasteiger partial charge in [0.15, 0.2) is 0 Å². The number of hydrogen-bond acceptors (Lipinski definition) is 5. The van der Waals surface area contributed by atoms with Crippen molar-refractivity contribution in [3.8, 4) is 11.3 Å². The number of benzene rings is 1. The van der Waals surface area contributed by atoms with Crippen molar-refractivity contribution in [2.24, 2.45) is 0 Å². The monoisotopic (exact) mass is 385 g/mol. The summed E-state index contributed by atoms with van der Waals surface area (Å²) in [5.74, 6) is 0.335. The van der Waals surface area contributed by atoms with Gasteiger partial charge in [-0.2, -0.15) is 0 Å². The molecule has 27 heavy (non-hydrogen) atoms. The van der Waals surface area contributed by atoms with Gasteiger partial charge in [-0.25, -0.2) is 0 Å². The van der Waals surface area contributed by atoms with Gasteiger partial charge in [0.25, 0.3) is 0 Å². The van der Waals surface area contributed by atoms with Gasteiger partial charge in [0.2, 0.25) is 5.91 Å². The molecular formula is C20H23N3O3S. The fraction of sp³-hybridized carbons (Fsp3) is 0.350. The molecule has 2 heterocycles. The molecule has 2 unspecified atom stereocenters. The van der Waals surface area contributed by atoms with Crippen molar-refractivity contribution in [3.05, 3.63) is 54.2 Å². The van der Waals surface area contributed by atoms with E-state index in [2.05, 4.69) is 4.98 Å². The number of pyridine rings is 1. The van der Waals surface area contributed by atoms with Crippen LogP contribution in [0.3, 0.4) is 0 Å². The lowest BCUT2D eigenvalue weighted by Gasteiger charge is -2.36. The molecule has 1 aliphatic heterocycles. The molecule has 2 aromatic rings. The van der Waals surface area contributed by atoms with Gasteiger partial charge in [-0.05, 0) is 23.8 Å². The molecule has 1 saturated heterocycles. The minimum absolute atomic E-state index is 0.0322. The van der Waals surface area contributed by atoms with E-state index in [0.717, 1.165) is 23.1 Å². The van der Waals surface area contributed by atoms with Gasteiger partial charge in [-0.15, -0.1) is 0 Å². The molecule has 142 valence electrons. The number of amides is 1. The van der Waals surface area contributed by atoms with Gasteiger partial charge in [0, 0.05) is 44.9 Å². The van der Waals surface area contributed by atoms with E-state index in [9.17, 15) is 13.8 Å². The second-order valence-corrected chi connectivity index (χ2v) is 8.04. The molecule has 2 atom stereocenters. The van der Waals surface area contributed by atoms with Crippen molar-refractivity contribution in [2.45, 2.75) is 18.1 Å². The van der Waals surface area contributed by atoms with Crippen LogP contribution in [0.5, 0.6) is 0 Å². The van der Waals surface area contributed by atoms with E-state index in [0.29, 0.717) is 31.9 Å². The molecule has 0 bridgehead atoms. The van der Waals surface area contributed by atoms with E-state index in [1.165, 1.54) is 0 Å². The molecule has 0 saturated carbocycles. The number of aromatic nitrogens is 1. The van der Waals surface area contributed by atoms with Gasteiger partial charge >= 0.3 is 0 Å². The van der Waals surface area contributed by atoms with E-state index in [1.807, 2.05) is 47.4 Å². The molecule has 1 amide bonds. The van der Waals surface area contributed by atoms with Crippen LogP contribution in [0.1, 0.15) is 12.5 Å². The van der Waals surface area contributed by atoms with Crippen LogP contribution in [0.15, 0.2) is 48.7 Å². The fourth-order valence-electron chi connectivity index (χ4n) is 3.21. The van der Waals surface area contributed by atoms with Crippen LogP contribution < -0.4 is 0 Å². The molecule has 0 spiro atoms. The molecule has 3 rings (SSSR count). The van der Waals surface area contributed by atoms with Gasteiger partial charge < -0.3 is 9.69 Å². The molecule has 1 aromatic heterocycles. The number of rotatable bonds is 6. The lowest BCUT2D eigenvalue weighted by Crippen LogP contribution is -2.53. The van der Waals surface area contributed by atoms with Crippen LogP contribution in [0, 0.1) is 0 Å². The first-order valence-electron chi connectivity index (χ1n) is 8.91. The van der Waals surface area contributed by atoms with Crippen LogP contribution in [0.2, 0.25) is 0 Å². The normalized spacial score (nSPS) is 17.3. The van der Waals surface area contributed by atoms with Crippen LogP contribution in [-0.2, 0) is 26.1 Å². The third-order valence-corrected chi connectivity index (χ3v) is 6.27. The molecule has 7 heteroatoms. The summed E-state index contributed by atoms with van der Waals surface area (Å²) in [6.07, 6.45) is 2.51. The van der Waals surface area contributed by atoms with Crippen LogP contribution in [-0.4, -0.2) is 62.7 Å². The average Bonchev–Trinajstić information content (AvgIpc) is 2.70. The number of carbonyl (C=O) groups is 2. The van der Waals surface area contributed by atoms with Crippen LogP contribution in [0.4, 0.5) is 0 Å². The summed E-state index contributed by atoms with van der Waals surface area (Å²) in [5.41, 5.74) is 2.73. The van der Waals surface area contributed by atoms with Crippen molar-refractivity contribution in [3.63, 3.8) is 0 Å². The third kappa shape index (κ3) is 4.87. The zero-order valence-electron chi connectivity index (χ0n) is 15.3. The highest BCUT2D eigenvalue weighted by atomic mass is 32.2. The first-order chi connectivity index (χ1) is 13.1. The van der Waals surface area contributed by atoms with Crippen molar-refractivity contribution >= 4 is 23.0 Å². The SMILES string of the molecule is CC(=O)N1CCN(C(C=O)S(=O)Cc2cccc(-c3ccccn3)c2)CC1. The van der Waals surface area contributed by atoms with E-state index in [1.54, 1.807) is 18.0 Å². The second-order valence-electron chi connectivity index (χ2n) is 6.51. The Bertz CT molecular complexity index is 820. The maximum absolute atomic E-state index is 12.8.